The van der Waals surface area contributed by atoms with E-state index in [9.17, 15) is 4.39 Å². The van der Waals surface area contributed by atoms with E-state index in [2.05, 4.69) is 28.2 Å². The second kappa shape index (κ2) is 8.08. The Kier molecular flexibility index (Phi) is 6.42. The maximum Gasteiger partial charge on any atom is 0.137 e. The van der Waals surface area contributed by atoms with Crippen molar-refractivity contribution in [2.24, 2.45) is 0 Å². The summed E-state index contributed by atoms with van der Waals surface area (Å²) in [7, 11) is 0. The van der Waals surface area contributed by atoms with Crippen LogP contribution in [0.5, 0.6) is 0 Å². The van der Waals surface area contributed by atoms with E-state index in [4.69, 9.17) is 9.47 Å². The first-order chi connectivity index (χ1) is 9.70. The van der Waals surface area contributed by atoms with Crippen LogP contribution in [0.2, 0.25) is 0 Å². The lowest BCUT2D eigenvalue weighted by atomic mass is 10.0. The Morgan fingerprint density at radius 3 is 2.95 bits per heavy atom. The van der Waals surface area contributed by atoms with Gasteiger partial charge in [0.25, 0.3) is 0 Å². The van der Waals surface area contributed by atoms with Gasteiger partial charge in [-0.05, 0) is 53.0 Å². The van der Waals surface area contributed by atoms with Gasteiger partial charge in [0.15, 0.2) is 0 Å². The van der Waals surface area contributed by atoms with Crippen LogP contribution < -0.4 is 5.32 Å². The molecule has 1 aliphatic heterocycles. The Balaban J connectivity index is 2.03. The number of hydrogen-bond acceptors (Lipinski definition) is 3. The summed E-state index contributed by atoms with van der Waals surface area (Å²) in [5.41, 5.74) is 1.08. The molecule has 1 N–H and O–H groups in total. The molecule has 1 aromatic rings. The quantitative estimate of drug-likeness (QED) is 0.859. The minimum atomic E-state index is -0.232. The maximum atomic E-state index is 13.3. The number of nitrogens with one attached hydrogen (secondary N) is 1. The van der Waals surface area contributed by atoms with E-state index in [1.807, 2.05) is 12.1 Å². The highest BCUT2D eigenvalue weighted by molar-refractivity contribution is 9.10. The van der Waals surface area contributed by atoms with Crippen molar-refractivity contribution in [3.8, 4) is 0 Å². The van der Waals surface area contributed by atoms with Gasteiger partial charge >= 0.3 is 0 Å². The van der Waals surface area contributed by atoms with Crippen molar-refractivity contribution >= 4 is 15.9 Å². The SMILES string of the molecule is CCCNC(Cc1ccc(F)c(Br)c1)C1COCCO1. The molecule has 0 saturated carbocycles. The van der Waals surface area contributed by atoms with Crippen molar-refractivity contribution in [2.75, 3.05) is 26.4 Å². The van der Waals surface area contributed by atoms with E-state index in [1.165, 1.54) is 6.07 Å². The molecule has 3 nitrogen and oxygen atoms in total. The lowest BCUT2D eigenvalue weighted by molar-refractivity contribution is -0.101. The minimum Gasteiger partial charge on any atom is -0.376 e. The fourth-order valence-electron chi connectivity index (χ4n) is 2.32. The Morgan fingerprint density at radius 1 is 1.45 bits per heavy atom. The average Bonchev–Trinajstić information content (AvgIpc) is 2.48. The molecule has 0 aliphatic carbocycles. The summed E-state index contributed by atoms with van der Waals surface area (Å²) in [6.45, 7) is 4.99. The Bertz CT molecular complexity index is 424. The molecule has 0 amide bonds. The van der Waals surface area contributed by atoms with Crippen molar-refractivity contribution in [3.05, 3.63) is 34.1 Å². The van der Waals surface area contributed by atoms with E-state index in [0.717, 1.165) is 24.9 Å². The predicted octanol–water partition coefficient (Wildman–Crippen LogP) is 2.91. The highest BCUT2D eigenvalue weighted by Gasteiger charge is 2.25. The zero-order valence-electron chi connectivity index (χ0n) is 11.7. The van der Waals surface area contributed by atoms with E-state index >= 15 is 0 Å². The summed E-state index contributed by atoms with van der Waals surface area (Å²) in [5.74, 6) is -0.232. The summed E-state index contributed by atoms with van der Waals surface area (Å²) >= 11 is 3.23. The van der Waals surface area contributed by atoms with Crippen LogP contribution in [0.15, 0.2) is 22.7 Å². The number of halogens is 2. The lowest BCUT2D eigenvalue weighted by Gasteiger charge is -2.31. The molecule has 112 valence electrons. The molecule has 1 fully saturated rings. The van der Waals surface area contributed by atoms with E-state index in [-0.39, 0.29) is 18.0 Å². The molecule has 1 heterocycles. The summed E-state index contributed by atoms with van der Waals surface area (Å²) in [6, 6.07) is 5.34. The molecule has 2 unspecified atom stereocenters. The third kappa shape index (κ3) is 4.52. The molecule has 5 heteroatoms. The molecule has 0 bridgehead atoms. The van der Waals surface area contributed by atoms with Crippen LogP contribution in [0.3, 0.4) is 0 Å². The van der Waals surface area contributed by atoms with Crippen molar-refractivity contribution in [1.29, 1.82) is 0 Å². The van der Waals surface area contributed by atoms with Gasteiger partial charge in [-0.1, -0.05) is 13.0 Å². The van der Waals surface area contributed by atoms with Gasteiger partial charge in [-0.15, -0.1) is 0 Å². The monoisotopic (exact) mass is 345 g/mol. The van der Waals surface area contributed by atoms with Gasteiger partial charge in [0.2, 0.25) is 0 Å². The van der Waals surface area contributed by atoms with Crippen LogP contribution in [-0.4, -0.2) is 38.5 Å². The normalized spacial score (nSPS) is 20.9. The predicted molar refractivity (Wildman–Crippen MR) is 80.4 cm³/mol. The summed E-state index contributed by atoms with van der Waals surface area (Å²) in [5, 5.41) is 3.51. The molecular formula is C15H21BrFNO2. The maximum absolute atomic E-state index is 13.3. The Hall–Kier alpha value is -0.490. The molecule has 1 saturated heterocycles. The van der Waals surface area contributed by atoms with Gasteiger partial charge in [-0.3, -0.25) is 0 Å². The average molecular weight is 346 g/mol. The molecule has 0 radical (unpaired) electrons. The first-order valence-corrected chi connectivity index (χ1v) is 7.86. The Morgan fingerprint density at radius 2 is 2.30 bits per heavy atom. The highest BCUT2D eigenvalue weighted by atomic mass is 79.9. The first kappa shape index (κ1) is 15.9. The Labute approximate surface area is 128 Å². The third-order valence-corrected chi connectivity index (χ3v) is 3.99. The zero-order valence-corrected chi connectivity index (χ0v) is 13.3. The van der Waals surface area contributed by atoms with Crippen LogP contribution in [0.4, 0.5) is 4.39 Å². The zero-order chi connectivity index (χ0) is 14.4. The number of hydrogen-bond donors (Lipinski definition) is 1. The second-order valence-electron chi connectivity index (χ2n) is 5.00. The molecule has 0 aromatic heterocycles. The van der Waals surface area contributed by atoms with Gasteiger partial charge in [-0.2, -0.15) is 0 Å². The van der Waals surface area contributed by atoms with Crippen LogP contribution in [0.25, 0.3) is 0 Å². The molecule has 0 spiro atoms. The van der Waals surface area contributed by atoms with E-state index in [1.54, 1.807) is 0 Å². The van der Waals surface area contributed by atoms with Crippen LogP contribution >= 0.6 is 15.9 Å². The van der Waals surface area contributed by atoms with Gasteiger partial charge in [0.05, 0.1) is 30.4 Å². The second-order valence-corrected chi connectivity index (χ2v) is 5.85. The van der Waals surface area contributed by atoms with Crippen molar-refractivity contribution in [3.63, 3.8) is 0 Å². The van der Waals surface area contributed by atoms with Crippen molar-refractivity contribution in [2.45, 2.75) is 31.9 Å². The topological polar surface area (TPSA) is 30.5 Å². The standard InChI is InChI=1S/C15H21BrFNO2/c1-2-5-18-14(15-10-19-6-7-20-15)9-11-3-4-13(17)12(16)8-11/h3-4,8,14-15,18H,2,5-7,9-10H2,1H3. The highest BCUT2D eigenvalue weighted by Crippen LogP contribution is 2.19. The van der Waals surface area contributed by atoms with Crippen LogP contribution in [0.1, 0.15) is 18.9 Å². The van der Waals surface area contributed by atoms with E-state index < -0.39 is 0 Å². The lowest BCUT2D eigenvalue weighted by Crippen LogP contribution is -2.48. The third-order valence-electron chi connectivity index (χ3n) is 3.39. The fraction of sp³-hybridized carbons (Fsp3) is 0.600. The van der Waals surface area contributed by atoms with Gasteiger partial charge in [0, 0.05) is 6.04 Å². The van der Waals surface area contributed by atoms with Crippen molar-refractivity contribution < 1.29 is 13.9 Å². The van der Waals surface area contributed by atoms with Gasteiger partial charge in [-0.25, -0.2) is 4.39 Å². The molecule has 1 aliphatic rings. The summed E-state index contributed by atoms with van der Waals surface area (Å²) in [4.78, 5) is 0. The fourth-order valence-corrected chi connectivity index (χ4v) is 2.75. The summed E-state index contributed by atoms with van der Waals surface area (Å²) in [6.07, 6.45) is 1.92. The molecular weight excluding hydrogens is 325 g/mol. The molecule has 2 atom stereocenters. The minimum absolute atomic E-state index is 0.0547. The number of benzene rings is 1. The van der Waals surface area contributed by atoms with Gasteiger partial charge < -0.3 is 14.8 Å². The van der Waals surface area contributed by atoms with Gasteiger partial charge in [0.1, 0.15) is 5.82 Å². The smallest absolute Gasteiger partial charge is 0.137 e. The van der Waals surface area contributed by atoms with Crippen LogP contribution in [-0.2, 0) is 15.9 Å². The van der Waals surface area contributed by atoms with E-state index in [0.29, 0.717) is 24.3 Å². The number of ether oxygens (including phenoxy) is 2. The largest absolute Gasteiger partial charge is 0.376 e. The summed E-state index contributed by atoms with van der Waals surface area (Å²) < 4.78 is 25.1. The first-order valence-electron chi connectivity index (χ1n) is 7.07. The molecule has 2 rings (SSSR count). The van der Waals surface area contributed by atoms with Crippen molar-refractivity contribution in [1.82, 2.24) is 5.32 Å². The van der Waals surface area contributed by atoms with Crippen LogP contribution in [0, 0.1) is 5.82 Å². The molecule has 20 heavy (non-hydrogen) atoms. The molecule has 1 aromatic carbocycles. The number of rotatable bonds is 6.